The van der Waals surface area contributed by atoms with Crippen LogP contribution in [0.1, 0.15) is 30.0 Å². The van der Waals surface area contributed by atoms with E-state index in [0.717, 1.165) is 29.8 Å². The van der Waals surface area contributed by atoms with Crippen LogP contribution in [-0.2, 0) is 4.79 Å². The van der Waals surface area contributed by atoms with E-state index < -0.39 is 17.7 Å². The number of halogens is 1. The molecule has 3 rings (SSSR count). The van der Waals surface area contributed by atoms with E-state index in [-0.39, 0.29) is 11.8 Å². The normalized spacial score (nSPS) is 18.7. The number of likely N-dealkylation sites (tertiary alicyclic amines) is 1. The molecule has 27 heavy (non-hydrogen) atoms. The number of carboxylic acid groups (broad SMARTS) is 1. The van der Waals surface area contributed by atoms with Gasteiger partial charge in [-0.15, -0.1) is 0 Å². The molecule has 0 amide bonds. The van der Waals surface area contributed by atoms with Crippen molar-refractivity contribution >= 4 is 5.97 Å². The quantitative estimate of drug-likeness (QED) is 0.836. The molecule has 1 fully saturated rings. The summed E-state index contributed by atoms with van der Waals surface area (Å²) in [5, 5.41) is 9.44. The zero-order valence-corrected chi connectivity index (χ0v) is 15.5. The molecule has 0 spiro atoms. The number of aliphatic carboxylic acids is 1. The van der Waals surface area contributed by atoms with E-state index in [1.807, 2.05) is 30.3 Å². The molecule has 2 atom stereocenters. The Labute approximate surface area is 158 Å². The first-order valence-electron chi connectivity index (χ1n) is 8.97. The largest absolute Gasteiger partial charge is 0.497 e. The van der Waals surface area contributed by atoms with Gasteiger partial charge in [-0.05, 0) is 54.8 Å². The topological polar surface area (TPSA) is 59.0 Å². The van der Waals surface area contributed by atoms with Crippen LogP contribution in [0, 0.1) is 11.7 Å². The first-order chi connectivity index (χ1) is 13.0. The average Bonchev–Trinajstić information content (AvgIpc) is 2.69. The Morgan fingerprint density at radius 2 is 1.85 bits per heavy atom. The molecular formula is C21H24FNO4. The number of ether oxygens (including phenoxy) is 2. The summed E-state index contributed by atoms with van der Waals surface area (Å²) in [5.41, 5.74) is 1.73. The Bertz CT molecular complexity index is 793. The summed E-state index contributed by atoms with van der Waals surface area (Å²) in [6, 6.07) is 12.3. The van der Waals surface area contributed by atoms with E-state index in [9.17, 15) is 14.3 Å². The Hall–Kier alpha value is -2.60. The SMILES string of the molecule is COc1ccc(C(c2ccc(OC)c(F)c2)N2CCCC(C(=O)O)C2)cc1. The summed E-state index contributed by atoms with van der Waals surface area (Å²) in [6.07, 6.45) is 1.46. The molecule has 2 aromatic rings. The molecule has 1 aliphatic rings. The number of nitrogens with zero attached hydrogens (tertiary/aromatic N) is 1. The fraction of sp³-hybridized carbons (Fsp3) is 0.381. The van der Waals surface area contributed by atoms with Gasteiger partial charge in [0.15, 0.2) is 11.6 Å². The van der Waals surface area contributed by atoms with Gasteiger partial charge in [0.25, 0.3) is 0 Å². The smallest absolute Gasteiger partial charge is 0.307 e. The van der Waals surface area contributed by atoms with Crippen molar-refractivity contribution < 1.29 is 23.8 Å². The Morgan fingerprint density at radius 3 is 2.44 bits per heavy atom. The van der Waals surface area contributed by atoms with Gasteiger partial charge in [-0.2, -0.15) is 0 Å². The van der Waals surface area contributed by atoms with Gasteiger partial charge in [0.1, 0.15) is 5.75 Å². The van der Waals surface area contributed by atoms with Crippen LogP contribution in [0.3, 0.4) is 0 Å². The number of carboxylic acids is 1. The minimum absolute atomic E-state index is 0.189. The van der Waals surface area contributed by atoms with Crippen LogP contribution in [0.5, 0.6) is 11.5 Å². The predicted octanol–water partition coefficient (Wildman–Crippen LogP) is 3.73. The van der Waals surface area contributed by atoms with E-state index in [4.69, 9.17) is 9.47 Å². The van der Waals surface area contributed by atoms with Crippen LogP contribution < -0.4 is 9.47 Å². The number of carbonyl (C=O) groups is 1. The molecule has 0 bridgehead atoms. The van der Waals surface area contributed by atoms with Gasteiger partial charge in [0.05, 0.1) is 26.2 Å². The highest BCUT2D eigenvalue weighted by Gasteiger charge is 2.31. The maximum absolute atomic E-state index is 14.4. The molecule has 144 valence electrons. The van der Waals surface area contributed by atoms with Gasteiger partial charge in [-0.3, -0.25) is 9.69 Å². The standard InChI is InChI=1S/C21H24FNO4/c1-26-17-8-5-14(6-9-17)20(15-7-10-19(27-2)18(22)12-15)23-11-3-4-16(13-23)21(24)25/h5-10,12,16,20H,3-4,11,13H2,1-2H3,(H,24,25). The van der Waals surface area contributed by atoms with Crippen LogP contribution in [-0.4, -0.2) is 43.3 Å². The molecule has 1 heterocycles. The minimum Gasteiger partial charge on any atom is -0.497 e. The number of benzene rings is 2. The van der Waals surface area contributed by atoms with Crippen molar-refractivity contribution in [3.05, 3.63) is 59.4 Å². The number of methoxy groups -OCH3 is 2. The molecule has 1 aliphatic heterocycles. The van der Waals surface area contributed by atoms with Gasteiger partial charge in [0, 0.05) is 6.54 Å². The maximum atomic E-state index is 14.4. The van der Waals surface area contributed by atoms with Crippen molar-refractivity contribution in [2.45, 2.75) is 18.9 Å². The number of hydrogen-bond acceptors (Lipinski definition) is 4. The minimum atomic E-state index is -0.783. The van der Waals surface area contributed by atoms with Crippen LogP contribution >= 0.6 is 0 Å². The maximum Gasteiger partial charge on any atom is 0.307 e. The molecule has 0 saturated carbocycles. The van der Waals surface area contributed by atoms with E-state index in [0.29, 0.717) is 13.0 Å². The predicted molar refractivity (Wildman–Crippen MR) is 99.7 cm³/mol. The van der Waals surface area contributed by atoms with Crippen molar-refractivity contribution in [1.82, 2.24) is 4.90 Å². The van der Waals surface area contributed by atoms with Crippen molar-refractivity contribution in [1.29, 1.82) is 0 Å². The zero-order chi connectivity index (χ0) is 19.4. The van der Waals surface area contributed by atoms with Crippen LogP contribution in [0.25, 0.3) is 0 Å². The zero-order valence-electron chi connectivity index (χ0n) is 15.5. The second kappa shape index (κ2) is 8.39. The summed E-state index contributed by atoms with van der Waals surface area (Å²) < 4.78 is 24.6. The summed E-state index contributed by atoms with van der Waals surface area (Å²) >= 11 is 0. The van der Waals surface area contributed by atoms with Gasteiger partial charge < -0.3 is 14.6 Å². The van der Waals surface area contributed by atoms with Crippen LogP contribution in [0.4, 0.5) is 4.39 Å². The Morgan fingerprint density at radius 1 is 1.15 bits per heavy atom. The van der Waals surface area contributed by atoms with Crippen molar-refractivity contribution in [2.24, 2.45) is 5.92 Å². The lowest BCUT2D eigenvalue weighted by molar-refractivity contribution is -0.143. The summed E-state index contributed by atoms with van der Waals surface area (Å²) in [5.74, 6) is -0.702. The van der Waals surface area contributed by atoms with Gasteiger partial charge in [-0.1, -0.05) is 18.2 Å². The van der Waals surface area contributed by atoms with Crippen molar-refractivity contribution in [2.75, 3.05) is 27.3 Å². The lowest BCUT2D eigenvalue weighted by Crippen LogP contribution is -2.41. The number of hydrogen-bond donors (Lipinski definition) is 1. The second-order valence-electron chi connectivity index (χ2n) is 6.74. The van der Waals surface area contributed by atoms with E-state index in [1.165, 1.54) is 13.2 Å². The van der Waals surface area contributed by atoms with Gasteiger partial charge in [-0.25, -0.2) is 4.39 Å². The second-order valence-corrected chi connectivity index (χ2v) is 6.74. The molecule has 0 radical (unpaired) electrons. The monoisotopic (exact) mass is 373 g/mol. The van der Waals surface area contributed by atoms with Crippen molar-refractivity contribution in [3.63, 3.8) is 0 Å². The third kappa shape index (κ3) is 4.22. The Kier molecular flexibility index (Phi) is 5.96. The molecule has 5 nitrogen and oxygen atoms in total. The third-order valence-electron chi connectivity index (χ3n) is 5.09. The highest BCUT2D eigenvalue weighted by molar-refractivity contribution is 5.70. The Balaban J connectivity index is 2.00. The van der Waals surface area contributed by atoms with Gasteiger partial charge in [0.2, 0.25) is 0 Å². The lowest BCUT2D eigenvalue weighted by Gasteiger charge is -2.37. The fourth-order valence-electron chi connectivity index (χ4n) is 3.70. The molecule has 1 N–H and O–H groups in total. The fourth-order valence-corrected chi connectivity index (χ4v) is 3.70. The first kappa shape index (κ1) is 19.2. The van der Waals surface area contributed by atoms with Crippen molar-refractivity contribution in [3.8, 4) is 11.5 Å². The number of piperidine rings is 1. The van der Waals surface area contributed by atoms with Crippen LogP contribution in [0.15, 0.2) is 42.5 Å². The summed E-state index contributed by atoms with van der Waals surface area (Å²) in [4.78, 5) is 13.6. The average molecular weight is 373 g/mol. The summed E-state index contributed by atoms with van der Waals surface area (Å²) in [6.45, 7) is 1.19. The van der Waals surface area contributed by atoms with Gasteiger partial charge >= 0.3 is 5.97 Å². The summed E-state index contributed by atoms with van der Waals surface area (Å²) in [7, 11) is 3.04. The lowest BCUT2D eigenvalue weighted by atomic mass is 9.91. The molecule has 0 aliphatic carbocycles. The molecule has 6 heteroatoms. The number of rotatable bonds is 6. The third-order valence-corrected chi connectivity index (χ3v) is 5.09. The highest BCUT2D eigenvalue weighted by Crippen LogP contribution is 2.35. The highest BCUT2D eigenvalue weighted by atomic mass is 19.1. The molecule has 0 aromatic heterocycles. The van der Waals surface area contributed by atoms with E-state index in [2.05, 4.69) is 4.90 Å². The first-order valence-corrected chi connectivity index (χ1v) is 8.97. The van der Waals surface area contributed by atoms with E-state index >= 15 is 0 Å². The molecule has 2 aromatic carbocycles. The van der Waals surface area contributed by atoms with Crippen LogP contribution in [0.2, 0.25) is 0 Å². The van der Waals surface area contributed by atoms with E-state index in [1.54, 1.807) is 13.2 Å². The molecule has 2 unspecified atom stereocenters. The molecular weight excluding hydrogens is 349 g/mol. The molecule has 1 saturated heterocycles.